The predicted molar refractivity (Wildman–Crippen MR) is 115 cm³/mol. The van der Waals surface area contributed by atoms with Crippen molar-refractivity contribution in [3.63, 3.8) is 0 Å². The summed E-state index contributed by atoms with van der Waals surface area (Å²) < 4.78 is 40.6. The summed E-state index contributed by atoms with van der Waals surface area (Å²) in [5.74, 6) is 0.144. The molecule has 10 heteroatoms. The van der Waals surface area contributed by atoms with Gasteiger partial charge in [-0.3, -0.25) is 10.00 Å². The average molecular weight is 462 g/mol. The molecule has 0 aliphatic carbocycles. The second-order valence-corrected chi connectivity index (χ2v) is 9.01. The van der Waals surface area contributed by atoms with Crippen LogP contribution < -0.4 is 5.32 Å². The molecule has 2 aromatic heterocycles. The van der Waals surface area contributed by atoms with E-state index in [1.54, 1.807) is 18.3 Å². The molecule has 3 aromatic rings. The minimum atomic E-state index is -4.45. The van der Waals surface area contributed by atoms with Gasteiger partial charge in [-0.2, -0.15) is 18.3 Å². The van der Waals surface area contributed by atoms with Gasteiger partial charge in [0.05, 0.1) is 10.7 Å². The molecule has 0 amide bonds. The van der Waals surface area contributed by atoms with Crippen molar-refractivity contribution in [2.45, 2.75) is 50.6 Å². The van der Waals surface area contributed by atoms with Crippen molar-refractivity contribution < 1.29 is 18.0 Å². The SMILES string of the molecule is Cc1cc(C(F)(F)F)nn1C1CC(c2nc(C3=NO[C@@H](c4ccccc4)C3)cs2)CCN1. The summed E-state index contributed by atoms with van der Waals surface area (Å²) in [6.07, 6.45) is -2.70. The molecule has 2 aliphatic rings. The lowest BCUT2D eigenvalue weighted by Gasteiger charge is -2.30. The maximum atomic E-state index is 13.1. The van der Waals surface area contributed by atoms with Gasteiger partial charge in [0, 0.05) is 23.4 Å². The predicted octanol–water partition coefficient (Wildman–Crippen LogP) is 5.20. The van der Waals surface area contributed by atoms with Crippen LogP contribution in [0.25, 0.3) is 0 Å². The first-order valence-corrected chi connectivity index (χ1v) is 11.4. The van der Waals surface area contributed by atoms with Crippen LogP contribution in [0.4, 0.5) is 13.2 Å². The highest BCUT2D eigenvalue weighted by Crippen LogP contribution is 2.36. The minimum absolute atomic E-state index is 0.106. The van der Waals surface area contributed by atoms with Crippen LogP contribution in [-0.4, -0.2) is 27.0 Å². The van der Waals surface area contributed by atoms with Crippen LogP contribution in [-0.2, 0) is 11.0 Å². The van der Waals surface area contributed by atoms with Gasteiger partial charge in [0.1, 0.15) is 11.9 Å². The van der Waals surface area contributed by atoms with Crippen LogP contribution in [0.3, 0.4) is 0 Å². The van der Waals surface area contributed by atoms with Gasteiger partial charge in [-0.25, -0.2) is 4.98 Å². The molecule has 1 saturated heterocycles. The van der Waals surface area contributed by atoms with Crippen LogP contribution in [0.15, 0.2) is 46.9 Å². The number of aromatic nitrogens is 3. The van der Waals surface area contributed by atoms with Crippen LogP contribution in [0.2, 0.25) is 0 Å². The minimum Gasteiger partial charge on any atom is -0.387 e. The van der Waals surface area contributed by atoms with Gasteiger partial charge in [-0.1, -0.05) is 35.5 Å². The van der Waals surface area contributed by atoms with Crippen molar-refractivity contribution >= 4 is 17.0 Å². The molecule has 32 heavy (non-hydrogen) atoms. The van der Waals surface area contributed by atoms with Gasteiger partial charge in [0.2, 0.25) is 0 Å². The van der Waals surface area contributed by atoms with Crippen LogP contribution >= 0.6 is 11.3 Å². The third kappa shape index (κ3) is 4.16. The number of oxime groups is 1. The van der Waals surface area contributed by atoms with E-state index in [0.29, 0.717) is 25.1 Å². The number of thiazole rings is 1. The third-order valence-electron chi connectivity index (χ3n) is 5.90. The number of nitrogens with one attached hydrogen (secondary N) is 1. The maximum Gasteiger partial charge on any atom is 0.435 e. The number of hydrogen-bond acceptors (Lipinski definition) is 6. The van der Waals surface area contributed by atoms with E-state index in [4.69, 9.17) is 9.82 Å². The Morgan fingerprint density at radius 3 is 2.78 bits per heavy atom. The second kappa shape index (κ2) is 8.32. The fraction of sp³-hybridized carbons (Fsp3) is 0.409. The Balaban J connectivity index is 1.28. The lowest BCUT2D eigenvalue weighted by atomic mass is 9.96. The number of alkyl halides is 3. The molecule has 2 aliphatic heterocycles. The molecule has 6 nitrogen and oxygen atoms in total. The fourth-order valence-electron chi connectivity index (χ4n) is 4.23. The molecular formula is C22H22F3N5OS. The lowest BCUT2D eigenvalue weighted by Crippen LogP contribution is -2.36. The topological polar surface area (TPSA) is 64.3 Å². The van der Waals surface area contributed by atoms with Gasteiger partial charge in [0.25, 0.3) is 0 Å². The van der Waals surface area contributed by atoms with Gasteiger partial charge >= 0.3 is 6.18 Å². The monoisotopic (exact) mass is 461 g/mol. The average Bonchev–Trinajstić information content (AvgIpc) is 3.53. The third-order valence-corrected chi connectivity index (χ3v) is 6.90. The standard InChI is InChI=1S/C22H22F3N5OS/c1-13-9-19(22(23,24)25)28-30(13)20-10-15(7-8-26-20)21-27-17(12-32-21)16-11-18(31-29-16)14-5-3-2-4-6-14/h2-6,9,12,15,18,20,26H,7-8,10-11H2,1H3/t15?,18-,20?/m1/s1. The molecule has 0 radical (unpaired) electrons. The van der Waals surface area contributed by atoms with E-state index in [1.165, 1.54) is 4.68 Å². The van der Waals surface area contributed by atoms with E-state index in [9.17, 15) is 13.2 Å². The summed E-state index contributed by atoms with van der Waals surface area (Å²) in [6, 6.07) is 11.1. The van der Waals surface area contributed by atoms with Crippen molar-refractivity contribution in [3.8, 4) is 0 Å². The normalized spacial score (nSPS) is 23.8. The Bertz CT molecular complexity index is 1120. The second-order valence-electron chi connectivity index (χ2n) is 8.12. The van der Waals surface area contributed by atoms with E-state index in [-0.39, 0.29) is 18.2 Å². The smallest absolute Gasteiger partial charge is 0.387 e. The summed E-state index contributed by atoms with van der Waals surface area (Å²) in [5, 5.41) is 14.3. The van der Waals surface area contributed by atoms with Gasteiger partial charge in [-0.05, 0) is 37.9 Å². The highest BCUT2D eigenvalue weighted by Gasteiger charge is 2.36. The van der Waals surface area contributed by atoms with Gasteiger partial charge < -0.3 is 4.84 Å². The Morgan fingerprint density at radius 1 is 1.22 bits per heavy atom. The molecule has 1 N–H and O–H groups in total. The largest absolute Gasteiger partial charge is 0.435 e. The van der Waals surface area contributed by atoms with E-state index in [1.807, 2.05) is 35.7 Å². The first-order chi connectivity index (χ1) is 15.4. The molecule has 2 unspecified atom stereocenters. The number of piperidine rings is 1. The summed E-state index contributed by atoms with van der Waals surface area (Å²) >= 11 is 1.57. The van der Waals surface area contributed by atoms with Gasteiger partial charge in [0.15, 0.2) is 11.8 Å². The maximum absolute atomic E-state index is 13.1. The highest BCUT2D eigenvalue weighted by atomic mass is 32.1. The number of aryl methyl sites for hydroxylation is 1. The Kier molecular flexibility index (Phi) is 5.50. The molecule has 3 atom stereocenters. The molecule has 1 fully saturated rings. The van der Waals surface area contributed by atoms with Crippen LogP contribution in [0, 0.1) is 6.92 Å². The number of rotatable bonds is 4. The summed E-state index contributed by atoms with van der Waals surface area (Å²) in [4.78, 5) is 10.4. The van der Waals surface area contributed by atoms with Crippen LogP contribution in [0.5, 0.6) is 0 Å². The van der Waals surface area contributed by atoms with Crippen molar-refractivity contribution in [3.05, 3.63) is 69.4 Å². The zero-order valence-corrected chi connectivity index (χ0v) is 18.2. The van der Waals surface area contributed by atoms with Crippen molar-refractivity contribution in [2.75, 3.05) is 6.54 Å². The zero-order valence-electron chi connectivity index (χ0n) is 17.3. The zero-order chi connectivity index (χ0) is 22.3. The van der Waals surface area contributed by atoms with E-state index >= 15 is 0 Å². The van der Waals surface area contributed by atoms with E-state index < -0.39 is 11.9 Å². The quantitative estimate of drug-likeness (QED) is 0.580. The lowest BCUT2D eigenvalue weighted by molar-refractivity contribution is -0.141. The van der Waals surface area contributed by atoms with Crippen LogP contribution in [0.1, 0.15) is 65.1 Å². The Morgan fingerprint density at radius 2 is 2.03 bits per heavy atom. The molecule has 168 valence electrons. The molecular weight excluding hydrogens is 439 g/mol. The number of halogens is 3. The summed E-state index contributed by atoms with van der Waals surface area (Å²) in [7, 11) is 0. The molecule has 4 heterocycles. The highest BCUT2D eigenvalue weighted by molar-refractivity contribution is 7.10. The van der Waals surface area contributed by atoms with Crippen molar-refractivity contribution in [2.24, 2.45) is 5.16 Å². The van der Waals surface area contributed by atoms with E-state index in [0.717, 1.165) is 34.5 Å². The summed E-state index contributed by atoms with van der Waals surface area (Å²) in [6.45, 7) is 2.33. The Labute approximate surface area is 187 Å². The van der Waals surface area contributed by atoms with Gasteiger partial charge in [-0.15, -0.1) is 11.3 Å². The Hall–Kier alpha value is -2.72. The molecule has 5 rings (SSSR count). The number of benzene rings is 1. The molecule has 0 saturated carbocycles. The summed E-state index contributed by atoms with van der Waals surface area (Å²) in [5.41, 5.74) is 2.34. The number of hydrogen-bond donors (Lipinski definition) is 1. The molecule has 1 aromatic carbocycles. The fourth-order valence-corrected chi connectivity index (χ4v) is 5.21. The first-order valence-electron chi connectivity index (χ1n) is 10.5. The van der Waals surface area contributed by atoms with Crippen molar-refractivity contribution in [1.29, 1.82) is 0 Å². The van der Waals surface area contributed by atoms with Crippen molar-refractivity contribution in [1.82, 2.24) is 20.1 Å². The molecule has 0 spiro atoms. The number of nitrogens with zero attached hydrogens (tertiary/aromatic N) is 4. The first kappa shape index (κ1) is 21.1. The molecule has 0 bridgehead atoms. The van der Waals surface area contributed by atoms with E-state index in [2.05, 4.69) is 15.6 Å².